The van der Waals surface area contributed by atoms with Crippen molar-refractivity contribution in [3.63, 3.8) is 0 Å². The molecule has 1 heterocycles. The molecule has 0 amide bonds. The summed E-state index contributed by atoms with van der Waals surface area (Å²) in [4.78, 5) is 37.9. The summed E-state index contributed by atoms with van der Waals surface area (Å²) in [5.74, 6) is -0.329. The van der Waals surface area contributed by atoms with Crippen LogP contribution in [0.4, 0.5) is 4.79 Å². The van der Waals surface area contributed by atoms with Crippen molar-refractivity contribution < 1.29 is 33.3 Å². The molecule has 1 aromatic rings. The van der Waals surface area contributed by atoms with Gasteiger partial charge in [-0.3, -0.25) is 9.69 Å². The van der Waals surface area contributed by atoms with Gasteiger partial charge in [-0.2, -0.15) is 0 Å². The van der Waals surface area contributed by atoms with Crippen LogP contribution in [0.1, 0.15) is 31.1 Å². The Morgan fingerprint density at radius 3 is 2.24 bits per heavy atom. The van der Waals surface area contributed by atoms with E-state index in [0.29, 0.717) is 31.9 Å². The molecular weight excluding hydrogens is 378 g/mol. The number of esters is 1. The number of nitrogens with zero attached hydrogens (tertiary/aromatic N) is 1. The second-order valence-corrected chi connectivity index (χ2v) is 7.13. The fraction of sp³-hybridized carbons (Fsp3) is 0.476. The molecule has 8 heteroatoms. The van der Waals surface area contributed by atoms with Crippen LogP contribution in [0.25, 0.3) is 0 Å². The number of carbonyl (C=O) groups is 3. The van der Waals surface area contributed by atoms with Gasteiger partial charge in [-0.15, -0.1) is 0 Å². The smallest absolute Gasteiger partial charge is 0.459 e. The molecule has 1 aliphatic heterocycles. The van der Waals surface area contributed by atoms with Crippen molar-refractivity contribution in [1.29, 1.82) is 0 Å². The lowest BCUT2D eigenvalue weighted by molar-refractivity contribution is -0.140. The van der Waals surface area contributed by atoms with Gasteiger partial charge in [-0.25, -0.2) is 9.59 Å². The number of morpholine rings is 1. The Hall–Kier alpha value is -2.71. The number of rotatable bonds is 8. The largest absolute Gasteiger partial charge is 0.513 e. The fourth-order valence-electron chi connectivity index (χ4n) is 2.80. The summed E-state index contributed by atoms with van der Waals surface area (Å²) < 4.78 is 20.0. The van der Waals surface area contributed by atoms with Crippen molar-refractivity contribution in [3.05, 3.63) is 42.0 Å². The Bertz CT molecular complexity index is 749. The first-order chi connectivity index (χ1) is 13.7. The lowest BCUT2D eigenvalue weighted by Gasteiger charge is -2.39. The van der Waals surface area contributed by atoms with E-state index in [1.165, 1.54) is 19.1 Å². The van der Waals surface area contributed by atoms with Crippen LogP contribution in [-0.2, 0) is 19.0 Å². The number of hydrogen-bond acceptors (Lipinski definition) is 8. The van der Waals surface area contributed by atoms with E-state index in [1.807, 2.05) is 13.8 Å². The monoisotopic (exact) mass is 405 g/mol. The van der Waals surface area contributed by atoms with Crippen LogP contribution in [0.3, 0.4) is 0 Å². The van der Waals surface area contributed by atoms with E-state index >= 15 is 0 Å². The van der Waals surface area contributed by atoms with Crippen LogP contribution < -0.4 is 4.74 Å². The number of Topliss-reactive ketones (excluding diaryl/α,β-unsaturated/α-hetero) is 1. The van der Waals surface area contributed by atoms with Crippen LogP contribution in [0.2, 0.25) is 0 Å². The highest BCUT2D eigenvalue weighted by Crippen LogP contribution is 2.23. The highest BCUT2D eigenvalue weighted by molar-refractivity contribution is 6.02. The number of carbonyl (C=O) groups excluding carboxylic acids is 3. The van der Waals surface area contributed by atoms with E-state index in [4.69, 9.17) is 18.9 Å². The third-order valence-electron chi connectivity index (χ3n) is 4.56. The summed E-state index contributed by atoms with van der Waals surface area (Å²) in [5.41, 5.74) is 0.125. The molecule has 0 atom stereocenters. The SMILES string of the molecule is C=C(C)C(=O)OCCOC(=O)Oc1ccc(C(=O)C(C)(C)N2CCOCC2)cc1. The second-order valence-electron chi connectivity index (χ2n) is 7.13. The summed E-state index contributed by atoms with van der Waals surface area (Å²) >= 11 is 0. The predicted octanol–water partition coefficient (Wildman–Crippen LogP) is 2.61. The van der Waals surface area contributed by atoms with E-state index in [9.17, 15) is 14.4 Å². The van der Waals surface area contributed by atoms with Gasteiger partial charge >= 0.3 is 12.1 Å². The molecule has 158 valence electrons. The number of ether oxygens (including phenoxy) is 4. The van der Waals surface area contributed by atoms with E-state index in [-0.39, 0.29) is 30.3 Å². The average molecular weight is 405 g/mol. The summed E-state index contributed by atoms with van der Waals surface area (Å²) in [6, 6.07) is 6.29. The average Bonchev–Trinajstić information content (AvgIpc) is 2.71. The van der Waals surface area contributed by atoms with Crippen molar-refractivity contribution >= 4 is 17.9 Å². The van der Waals surface area contributed by atoms with Gasteiger partial charge in [0.2, 0.25) is 0 Å². The molecule has 0 spiro atoms. The summed E-state index contributed by atoms with van der Waals surface area (Å²) in [5, 5.41) is 0. The Morgan fingerprint density at radius 2 is 1.66 bits per heavy atom. The molecule has 1 fully saturated rings. The van der Waals surface area contributed by atoms with Gasteiger partial charge in [-0.05, 0) is 45.0 Å². The molecule has 0 radical (unpaired) electrons. The van der Waals surface area contributed by atoms with E-state index in [1.54, 1.807) is 12.1 Å². The fourth-order valence-corrected chi connectivity index (χ4v) is 2.80. The Kier molecular flexibility index (Phi) is 7.92. The molecule has 0 aliphatic carbocycles. The molecule has 1 saturated heterocycles. The Labute approximate surface area is 170 Å². The first-order valence-electron chi connectivity index (χ1n) is 9.36. The number of hydrogen-bond donors (Lipinski definition) is 0. The van der Waals surface area contributed by atoms with Gasteiger partial charge in [0.05, 0.1) is 18.8 Å². The van der Waals surface area contributed by atoms with Crippen LogP contribution in [0, 0.1) is 0 Å². The molecule has 8 nitrogen and oxygen atoms in total. The van der Waals surface area contributed by atoms with Crippen LogP contribution in [-0.4, -0.2) is 67.9 Å². The first kappa shape index (κ1) is 22.6. The standard InChI is InChI=1S/C21H27NO7/c1-15(2)19(24)27-13-14-28-20(25)29-17-7-5-16(6-8-17)18(23)21(3,4)22-9-11-26-12-10-22/h5-8H,1,9-14H2,2-4H3. The minimum atomic E-state index is -0.927. The van der Waals surface area contributed by atoms with Crippen molar-refractivity contribution in [3.8, 4) is 5.75 Å². The van der Waals surface area contributed by atoms with Gasteiger partial charge in [-0.1, -0.05) is 6.58 Å². The Morgan fingerprint density at radius 1 is 1.07 bits per heavy atom. The lowest BCUT2D eigenvalue weighted by atomic mass is 9.91. The van der Waals surface area contributed by atoms with E-state index in [2.05, 4.69) is 11.5 Å². The van der Waals surface area contributed by atoms with E-state index in [0.717, 1.165) is 0 Å². The zero-order chi connectivity index (χ0) is 21.4. The van der Waals surface area contributed by atoms with Gasteiger partial charge in [0.25, 0.3) is 0 Å². The molecule has 0 saturated carbocycles. The molecule has 2 rings (SSSR count). The maximum atomic E-state index is 12.9. The third-order valence-corrected chi connectivity index (χ3v) is 4.56. The number of ketones is 1. The van der Waals surface area contributed by atoms with Crippen molar-refractivity contribution in [2.24, 2.45) is 0 Å². The number of benzene rings is 1. The quantitative estimate of drug-likeness (QED) is 0.214. The van der Waals surface area contributed by atoms with Gasteiger partial charge in [0.1, 0.15) is 19.0 Å². The summed E-state index contributed by atoms with van der Waals surface area (Å²) in [6.07, 6.45) is -0.927. The molecule has 0 bridgehead atoms. The van der Waals surface area contributed by atoms with Crippen molar-refractivity contribution in [1.82, 2.24) is 4.90 Å². The van der Waals surface area contributed by atoms with Gasteiger partial charge in [0, 0.05) is 24.2 Å². The summed E-state index contributed by atoms with van der Waals surface area (Å²) in [7, 11) is 0. The lowest BCUT2D eigenvalue weighted by Crippen LogP contribution is -2.54. The zero-order valence-corrected chi connectivity index (χ0v) is 17.1. The third kappa shape index (κ3) is 6.40. The summed E-state index contributed by atoms with van der Waals surface area (Å²) in [6.45, 7) is 11.1. The first-order valence-corrected chi connectivity index (χ1v) is 9.36. The molecule has 0 unspecified atom stereocenters. The molecule has 1 aliphatic rings. The van der Waals surface area contributed by atoms with Gasteiger partial charge in [0.15, 0.2) is 5.78 Å². The molecule has 29 heavy (non-hydrogen) atoms. The highest BCUT2D eigenvalue weighted by Gasteiger charge is 2.35. The predicted molar refractivity (Wildman–Crippen MR) is 105 cm³/mol. The van der Waals surface area contributed by atoms with Crippen LogP contribution >= 0.6 is 0 Å². The van der Waals surface area contributed by atoms with Crippen molar-refractivity contribution in [2.75, 3.05) is 39.5 Å². The molecule has 0 aromatic heterocycles. The molecular formula is C21H27NO7. The van der Waals surface area contributed by atoms with Crippen LogP contribution in [0.5, 0.6) is 5.75 Å². The Balaban J connectivity index is 1.84. The maximum Gasteiger partial charge on any atom is 0.513 e. The van der Waals surface area contributed by atoms with Crippen molar-refractivity contribution in [2.45, 2.75) is 26.3 Å². The van der Waals surface area contributed by atoms with Crippen LogP contribution in [0.15, 0.2) is 36.4 Å². The minimum Gasteiger partial charge on any atom is -0.459 e. The van der Waals surface area contributed by atoms with Gasteiger partial charge < -0.3 is 18.9 Å². The molecule has 1 aromatic carbocycles. The van der Waals surface area contributed by atoms with E-state index < -0.39 is 17.7 Å². The minimum absolute atomic E-state index is 0.0205. The second kappa shape index (κ2) is 10.2. The molecule has 0 N–H and O–H groups in total. The highest BCUT2D eigenvalue weighted by atomic mass is 16.7. The normalized spacial score (nSPS) is 14.7. The zero-order valence-electron chi connectivity index (χ0n) is 17.1. The topological polar surface area (TPSA) is 91.4 Å². The maximum absolute atomic E-state index is 12.9.